The molecular weight excluding hydrogens is 127 g/mol. The highest BCUT2D eigenvalue weighted by Crippen LogP contribution is 2.11. The first kappa shape index (κ1) is 9.41. The van der Waals surface area contributed by atoms with E-state index in [2.05, 4.69) is 6.58 Å². The summed E-state index contributed by atoms with van der Waals surface area (Å²) in [5.74, 6) is 0.121. The van der Waals surface area contributed by atoms with Crippen molar-refractivity contribution in [3.8, 4) is 0 Å². The fraction of sp³-hybridized carbons (Fsp3) is 0.556. The normalized spacial score (nSPS) is 17.1. The first-order chi connectivity index (χ1) is 4.72. The van der Waals surface area contributed by atoms with E-state index in [-0.39, 0.29) is 5.92 Å². The summed E-state index contributed by atoms with van der Waals surface area (Å²) >= 11 is 0. The Morgan fingerprint density at radius 2 is 2.20 bits per heavy atom. The summed E-state index contributed by atoms with van der Waals surface area (Å²) in [7, 11) is 0. The third kappa shape index (κ3) is 3.44. The van der Waals surface area contributed by atoms with E-state index in [1.54, 1.807) is 18.2 Å². The van der Waals surface area contributed by atoms with E-state index >= 15 is 0 Å². The van der Waals surface area contributed by atoms with Crippen LogP contribution < -0.4 is 0 Å². The smallest absolute Gasteiger partial charge is 0.121 e. The average molecular weight is 142 g/mol. The Bertz CT molecular complexity index is 116. The molecule has 0 aliphatic heterocycles. The molecule has 0 N–H and O–H groups in total. The minimum Gasteiger partial charge on any atom is -0.243 e. The number of hydrogen-bond donors (Lipinski definition) is 0. The van der Waals surface area contributed by atoms with Gasteiger partial charge in [-0.2, -0.15) is 0 Å². The second-order valence-corrected chi connectivity index (χ2v) is 2.45. The molecule has 0 amide bonds. The molecule has 0 fully saturated rings. The Morgan fingerprint density at radius 3 is 2.60 bits per heavy atom. The molecule has 0 spiro atoms. The van der Waals surface area contributed by atoms with Crippen molar-refractivity contribution in [2.24, 2.45) is 5.92 Å². The molecule has 0 heterocycles. The lowest BCUT2D eigenvalue weighted by Crippen LogP contribution is -2.07. The van der Waals surface area contributed by atoms with Crippen molar-refractivity contribution in [2.45, 2.75) is 26.4 Å². The Hall–Kier alpha value is -0.590. The molecule has 10 heavy (non-hydrogen) atoms. The molecule has 2 unspecified atom stereocenters. The molecule has 0 nitrogen and oxygen atoms in total. The molecular formula is C9H15F. The fourth-order valence-corrected chi connectivity index (χ4v) is 0.600. The second-order valence-electron chi connectivity index (χ2n) is 2.45. The van der Waals surface area contributed by atoms with Crippen LogP contribution in [0.3, 0.4) is 0 Å². The molecule has 0 aromatic rings. The van der Waals surface area contributed by atoms with Gasteiger partial charge in [-0.25, -0.2) is 4.39 Å². The highest BCUT2D eigenvalue weighted by atomic mass is 19.1. The van der Waals surface area contributed by atoms with Crippen molar-refractivity contribution in [3.63, 3.8) is 0 Å². The zero-order valence-electron chi connectivity index (χ0n) is 6.68. The molecule has 0 saturated carbocycles. The van der Waals surface area contributed by atoms with E-state index in [9.17, 15) is 4.39 Å². The van der Waals surface area contributed by atoms with Gasteiger partial charge in [0.15, 0.2) is 0 Å². The van der Waals surface area contributed by atoms with Crippen molar-refractivity contribution in [1.82, 2.24) is 0 Å². The van der Waals surface area contributed by atoms with Gasteiger partial charge >= 0.3 is 0 Å². The Labute approximate surface area is 62.4 Å². The second kappa shape index (κ2) is 5.21. The highest BCUT2D eigenvalue weighted by molar-refractivity contribution is 5.01. The first-order valence-electron chi connectivity index (χ1n) is 3.65. The Balaban J connectivity index is 3.70. The summed E-state index contributed by atoms with van der Waals surface area (Å²) in [4.78, 5) is 0. The van der Waals surface area contributed by atoms with Crippen molar-refractivity contribution >= 4 is 0 Å². The summed E-state index contributed by atoms with van der Waals surface area (Å²) in [6, 6.07) is 0. The topological polar surface area (TPSA) is 0 Å². The van der Waals surface area contributed by atoms with Crippen LogP contribution in [-0.4, -0.2) is 6.17 Å². The number of allylic oxidation sites excluding steroid dienone is 3. The van der Waals surface area contributed by atoms with Crippen LogP contribution >= 0.6 is 0 Å². The summed E-state index contributed by atoms with van der Waals surface area (Å²) in [5.41, 5.74) is 0. The molecule has 0 aromatic heterocycles. The summed E-state index contributed by atoms with van der Waals surface area (Å²) in [5, 5.41) is 0. The molecule has 2 atom stereocenters. The zero-order chi connectivity index (χ0) is 7.98. The zero-order valence-corrected chi connectivity index (χ0v) is 6.68. The average Bonchev–Trinajstić information content (AvgIpc) is 1.98. The molecule has 0 saturated heterocycles. The molecule has 0 aliphatic rings. The van der Waals surface area contributed by atoms with Crippen LogP contribution in [-0.2, 0) is 0 Å². The lowest BCUT2D eigenvalue weighted by molar-refractivity contribution is 0.291. The third-order valence-corrected chi connectivity index (χ3v) is 1.62. The first-order valence-corrected chi connectivity index (χ1v) is 3.65. The maximum absolute atomic E-state index is 12.8. The fourth-order valence-electron chi connectivity index (χ4n) is 0.600. The maximum Gasteiger partial charge on any atom is 0.121 e. The van der Waals surface area contributed by atoms with Crippen LogP contribution in [0.4, 0.5) is 4.39 Å². The molecule has 58 valence electrons. The number of hydrogen-bond acceptors (Lipinski definition) is 0. The largest absolute Gasteiger partial charge is 0.243 e. The molecule has 0 radical (unpaired) electrons. The van der Waals surface area contributed by atoms with Crippen LogP contribution in [0.25, 0.3) is 0 Å². The predicted molar refractivity (Wildman–Crippen MR) is 43.7 cm³/mol. The van der Waals surface area contributed by atoms with Crippen molar-refractivity contribution in [1.29, 1.82) is 0 Å². The van der Waals surface area contributed by atoms with Gasteiger partial charge in [-0.3, -0.25) is 0 Å². The van der Waals surface area contributed by atoms with Gasteiger partial charge < -0.3 is 0 Å². The molecule has 0 aromatic carbocycles. The SMILES string of the molecule is C=CC=CC(F)C(C)CC. The summed E-state index contributed by atoms with van der Waals surface area (Å²) in [6.07, 6.45) is 4.85. The number of halogens is 1. The van der Waals surface area contributed by atoms with Crippen LogP contribution in [0, 0.1) is 5.92 Å². The highest BCUT2D eigenvalue weighted by Gasteiger charge is 2.08. The summed E-state index contributed by atoms with van der Waals surface area (Å²) < 4.78 is 12.8. The molecule has 0 bridgehead atoms. The lowest BCUT2D eigenvalue weighted by atomic mass is 10.0. The van der Waals surface area contributed by atoms with Crippen molar-refractivity contribution in [3.05, 3.63) is 24.8 Å². The molecule has 1 heteroatoms. The van der Waals surface area contributed by atoms with Crippen molar-refractivity contribution in [2.75, 3.05) is 0 Å². The van der Waals surface area contributed by atoms with Crippen LogP contribution in [0.15, 0.2) is 24.8 Å². The van der Waals surface area contributed by atoms with E-state index in [1.165, 1.54) is 0 Å². The van der Waals surface area contributed by atoms with Gasteiger partial charge in [-0.05, 0) is 5.92 Å². The van der Waals surface area contributed by atoms with Crippen LogP contribution in [0.2, 0.25) is 0 Å². The van der Waals surface area contributed by atoms with Crippen LogP contribution in [0.1, 0.15) is 20.3 Å². The molecule has 0 rings (SSSR count). The van der Waals surface area contributed by atoms with Gasteiger partial charge in [-0.15, -0.1) is 0 Å². The van der Waals surface area contributed by atoms with Gasteiger partial charge in [0.25, 0.3) is 0 Å². The van der Waals surface area contributed by atoms with E-state index in [0.717, 1.165) is 6.42 Å². The quantitative estimate of drug-likeness (QED) is 0.529. The van der Waals surface area contributed by atoms with Gasteiger partial charge in [0, 0.05) is 0 Å². The maximum atomic E-state index is 12.8. The Kier molecular flexibility index (Phi) is 4.91. The predicted octanol–water partition coefficient (Wildman–Crippen LogP) is 3.11. The Morgan fingerprint density at radius 1 is 1.60 bits per heavy atom. The van der Waals surface area contributed by atoms with E-state index in [0.29, 0.717) is 0 Å². The van der Waals surface area contributed by atoms with Gasteiger partial charge in [0.05, 0.1) is 0 Å². The summed E-state index contributed by atoms with van der Waals surface area (Å²) in [6.45, 7) is 7.35. The third-order valence-electron chi connectivity index (χ3n) is 1.62. The standard InChI is InChI=1S/C9H15F/c1-4-6-7-9(10)8(3)5-2/h4,6-9H,1,5H2,2-3H3. The van der Waals surface area contributed by atoms with Gasteiger partial charge in [0.1, 0.15) is 6.17 Å². The minimum atomic E-state index is -0.817. The van der Waals surface area contributed by atoms with Crippen LogP contribution in [0.5, 0.6) is 0 Å². The van der Waals surface area contributed by atoms with Crippen molar-refractivity contribution < 1.29 is 4.39 Å². The monoisotopic (exact) mass is 142 g/mol. The minimum absolute atomic E-state index is 0.121. The number of alkyl halides is 1. The van der Waals surface area contributed by atoms with E-state index in [4.69, 9.17) is 0 Å². The number of rotatable bonds is 4. The van der Waals surface area contributed by atoms with Gasteiger partial charge in [-0.1, -0.05) is 45.1 Å². The molecule has 0 aliphatic carbocycles. The van der Waals surface area contributed by atoms with Gasteiger partial charge in [0.2, 0.25) is 0 Å². The van der Waals surface area contributed by atoms with E-state index < -0.39 is 6.17 Å². The lowest BCUT2D eigenvalue weighted by Gasteiger charge is -2.08. The van der Waals surface area contributed by atoms with E-state index in [1.807, 2.05) is 13.8 Å².